The highest BCUT2D eigenvalue weighted by Gasteiger charge is 2.24. The number of rotatable bonds is 6. The van der Waals surface area contributed by atoms with Gasteiger partial charge in [0.05, 0.1) is 6.10 Å². The van der Waals surface area contributed by atoms with Gasteiger partial charge in [0.25, 0.3) is 0 Å². The molecule has 1 heterocycles. The monoisotopic (exact) mass is 312 g/mol. The van der Waals surface area contributed by atoms with Gasteiger partial charge in [-0.3, -0.25) is 9.69 Å². The third-order valence-corrected chi connectivity index (χ3v) is 4.17. The minimum atomic E-state index is -0.717. The van der Waals surface area contributed by atoms with Gasteiger partial charge < -0.3 is 10.0 Å². The Labute approximate surface area is 129 Å². The van der Waals surface area contributed by atoms with Crippen molar-refractivity contribution in [2.45, 2.75) is 31.9 Å². The summed E-state index contributed by atoms with van der Waals surface area (Å²) in [5.41, 5.74) is 0.256. The van der Waals surface area contributed by atoms with Gasteiger partial charge in [-0.05, 0) is 38.6 Å². The molecule has 1 aromatic carbocycles. The maximum absolute atomic E-state index is 13.8. The number of aliphatic hydroxyl groups is 1. The zero-order chi connectivity index (χ0) is 16.3. The van der Waals surface area contributed by atoms with Gasteiger partial charge in [-0.15, -0.1) is 0 Å². The van der Waals surface area contributed by atoms with Crippen LogP contribution in [-0.2, 0) is 4.79 Å². The third-order valence-electron chi connectivity index (χ3n) is 4.17. The maximum atomic E-state index is 13.8. The fraction of sp³-hybridized carbons (Fsp3) is 0.562. The number of halogens is 2. The van der Waals surface area contributed by atoms with Crippen LogP contribution in [0.1, 0.15) is 31.4 Å². The molecule has 4 nitrogen and oxygen atoms in total. The molecule has 1 aromatic rings. The Hall–Kier alpha value is -1.53. The van der Waals surface area contributed by atoms with E-state index in [1.165, 1.54) is 6.07 Å². The lowest BCUT2D eigenvalue weighted by molar-refractivity contribution is -0.129. The number of likely N-dealkylation sites (N-methyl/N-ethyl adjacent to an activating group) is 1. The number of benzene rings is 1. The first-order chi connectivity index (χ1) is 10.4. The number of aliphatic hydroxyl groups excluding tert-OH is 1. The molecular weight excluding hydrogens is 290 g/mol. The van der Waals surface area contributed by atoms with Crippen molar-refractivity contribution in [3.63, 3.8) is 0 Å². The molecule has 6 heteroatoms. The lowest BCUT2D eigenvalue weighted by Gasteiger charge is -2.29. The number of carbonyl (C=O) groups is 1. The maximum Gasteiger partial charge on any atom is 0.222 e. The van der Waals surface area contributed by atoms with Crippen molar-refractivity contribution in [1.82, 2.24) is 9.80 Å². The Kier molecular flexibility index (Phi) is 5.47. The second kappa shape index (κ2) is 7.15. The number of nitrogens with zero attached hydrogens (tertiary/aromatic N) is 2. The highest BCUT2D eigenvalue weighted by Crippen LogP contribution is 2.23. The highest BCUT2D eigenvalue weighted by atomic mass is 19.1. The third kappa shape index (κ3) is 4.01. The van der Waals surface area contributed by atoms with Crippen LogP contribution in [0.25, 0.3) is 0 Å². The summed E-state index contributed by atoms with van der Waals surface area (Å²) in [6.07, 6.45) is 0.644. The Balaban J connectivity index is 1.94. The molecule has 2 unspecified atom stereocenters. The molecule has 22 heavy (non-hydrogen) atoms. The van der Waals surface area contributed by atoms with Gasteiger partial charge in [-0.1, -0.05) is 0 Å². The Morgan fingerprint density at radius 3 is 2.77 bits per heavy atom. The molecule has 1 fully saturated rings. The average Bonchev–Trinajstić information content (AvgIpc) is 2.86. The lowest BCUT2D eigenvalue weighted by atomic mass is 10.1. The van der Waals surface area contributed by atoms with E-state index in [-0.39, 0.29) is 30.6 Å². The Morgan fingerprint density at radius 1 is 1.41 bits per heavy atom. The second-order valence-electron chi connectivity index (χ2n) is 5.88. The van der Waals surface area contributed by atoms with Gasteiger partial charge >= 0.3 is 0 Å². The van der Waals surface area contributed by atoms with E-state index in [0.717, 1.165) is 18.6 Å². The summed E-state index contributed by atoms with van der Waals surface area (Å²) in [5, 5.41) is 10.1. The van der Waals surface area contributed by atoms with Crippen LogP contribution in [0.3, 0.4) is 0 Å². The van der Waals surface area contributed by atoms with Gasteiger partial charge in [0.1, 0.15) is 11.6 Å². The molecule has 0 bridgehead atoms. The largest absolute Gasteiger partial charge is 0.390 e. The van der Waals surface area contributed by atoms with Crippen LogP contribution in [0.2, 0.25) is 0 Å². The van der Waals surface area contributed by atoms with E-state index in [0.29, 0.717) is 13.0 Å². The second-order valence-corrected chi connectivity index (χ2v) is 5.88. The lowest BCUT2D eigenvalue weighted by Crippen LogP contribution is -2.40. The topological polar surface area (TPSA) is 43.8 Å². The molecule has 1 N–H and O–H groups in total. The number of β-amino-alcohol motifs (C(OH)–C–C–N with tert-alkyl or cyclic N) is 1. The first kappa shape index (κ1) is 16.8. The molecule has 122 valence electrons. The van der Waals surface area contributed by atoms with E-state index in [9.17, 15) is 18.7 Å². The minimum Gasteiger partial charge on any atom is -0.390 e. The molecule has 1 aliphatic heterocycles. The molecule has 0 aromatic heterocycles. The SMILES string of the molecule is CC(c1cc(F)ccc1F)N(C)CC(O)CN1CCCC1=O. The molecule has 1 amide bonds. The number of likely N-dealkylation sites (tertiary alicyclic amines) is 1. The average molecular weight is 312 g/mol. The standard InChI is InChI=1S/C16H22F2N2O2/c1-11(14-8-12(17)5-6-15(14)18)19(2)9-13(21)10-20-7-3-4-16(20)22/h5-6,8,11,13,21H,3-4,7,9-10H2,1-2H3. The molecule has 1 saturated heterocycles. The summed E-state index contributed by atoms with van der Waals surface area (Å²) >= 11 is 0. The van der Waals surface area contributed by atoms with E-state index < -0.39 is 17.7 Å². The van der Waals surface area contributed by atoms with Crippen molar-refractivity contribution in [2.75, 3.05) is 26.7 Å². The highest BCUT2D eigenvalue weighted by molar-refractivity contribution is 5.78. The first-order valence-corrected chi connectivity index (χ1v) is 7.49. The van der Waals surface area contributed by atoms with Gasteiger partial charge in [0, 0.05) is 37.7 Å². The summed E-state index contributed by atoms with van der Waals surface area (Å²) < 4.78 is 27.1. The van der Waals surface area contributed by atoms with Crippen molar-refractivity contribution in [1.29, 1.82) is 0 Å². The molecule has 0 saturated carbocycles. The van der Waals surface area contributed by atoms with Crippen molar-refractivity contribution in [2.24, 2.45) is 0 Å². The summed E-state index contributed by atoms with van der Waals surface area (Å²) in [7, 11) is 1.74. The van der Waals surface area contributed by atoms with Crippen LogP contribution in [0.15, 0.2) is 18.2 Å². The Morgan fingerprint density at radius 2 is 2.14 bits per heavy atom. The van der Waals surface area contributed by atoms with Crippen molar-refractivity contribution in [3.8, 4) is 0 Å². The quantitative estimate of drug-likeness (QED) is 0.873. The molecular formula is C16H22F2N2O2. The van der Waals surface area contributed by atoms with Gasteiger partial charge in [0.15, 0.2) is 0 Å². The smallest absolute Gasteiger partial charge is 0.222 e. The molecule has 0 spiro atoms. The van der Waals surface area contributed by atoms with Gasteiger partial charge in [-0.2, -0.15) is 0 Å². The summed E-state index contributed by atoms with van der Waals surface area (Å²) in [4.78, 5) is 14.9. The predicted molar refractivity (Wildman–Crippen MR) is 79.2 cm³/mol. The van der Waals surface area contributed by atoms with Crippen molar-refractivity contribution < 1.29 is 18.7 Å². The van der Waals surface area contributed by atoms with Gasteiger partial charge in [-0.25, -0.2) is 8.78 Å². The van der Waals surface area contributed by atoms with Crippen LogP contribution in [0.4, 0.5) is 8.78 Å². The van der Waals surface area contributed by atoms with Crippen LogP contribution in [-0.4, -0.2) is 53.6 Å². The van der Waals surface area contributed by atoms with Gasteiger partial charge in [0.2, 0.25) is 5.91 Å². The number of hydrogen-bond donors (Lipinski definition) is 1. The zero-order valence-corrected chi connectivity index (χ0v) is 12.9. The Bertz CT molecular complexity index is 539. The van der Waals surface area contributed by atoms with Crippen molar-refractivity contribution >= 4 is 5.91 Å². The van der Waals surface area contributed by atoms with E-state index in [1.807, 2.05) is 0 Å². The fourth-order valence-electron chi connectivity index (χ4n) is 2.77. The van der Waals surface area contributed by atoms with E-state index in [4.69, 9.17) is 0 Å². The van der Waals surface area contributed by atoms with Crippen LogP contribution in [0, 0.1) is 11.6 Å². The summed E-state index contributed by atoms with van der Waals surface area (Å²) in [6, 6.07) is 2.99. The van der Waals surface area contributed by atoms with Crippen LogP contribution < -0.4 is 0 Å². The zero-order valence-electron chi connectivity index (χ0n) is 12.9. The normalized spacial score (nSPS) is 18.1. The molecule has 2 rings (SSSR count). The number of carbonyl (C=O) groups excluding carboxylic acids is 1. The predicted octanol–water partition coefficient (Wildman–Crippen LogP) is 1.94. The first-order valence-electron chi connectivity index (χ1n) is 7.49. The molecule has 0 aliphatic carbocycles. The number of amides is 1. The molecule has 2 atom stereocenters. The molecule has 0 radical (unpaired) electrons. The van der Waals surface area contributed by atoms with Crippen molar-refractivity contribution in [3.05, 3.63) is 35.4 Å². The van der Waals surface area contributed by atoms with Crippen LogP contribution >= 0.6 is 0 Å². The van der Waals surface area contributed by atoms with E-state index >= 15 is 0 Å². The fourth-order valence-corrected chi connectivity index (χ4v) is 2.77. The van der Waals surface area contributed by atoms with Crippen LogP contribution in [0.5, 0.6) is 0 Å². The summed E-state index contributed by atoms with van der Waals surface area (Å²) in [5.74, 6) is -0.893. The number of hydrogen-bond acceptors (Lipinski definition) is 3. The summed E-state index contributed by atoms with van der Waals surface area (Å²) in [6.45, 7) is 2.99. The van der Waals surface area contributed by atoms with E-state index in [1.54, 1.807) is 23.8 Å². The van der Waals surface area contributed by atoms with E-state index in [2.05, 4.69) is 0 Å². The molecule has 1 aliphatic rings. The minimum absolute atomic E-state index is 0.0610.